The van der Waals surface area contributed by atoms with Crippen LogP contribution in [-0.2, 0) is 0 Å². The molecule has 1 heteroatoms. The van der Waals surface area contributed by atoms with E-state index in [0.717, 1.165) is 30.2 Å². The van der Waals surface area contributed by atoms with E-state index >= 15 is 0 Å². The quantitative estimate of drug-likeness (QED) is 0.593. The Balaban J connectivity index is 1.45. The zero-order valence-electron chi connectivity index (χ0n) is 15.9. The lowest BCUT2D eigenvalue weighted by atomic mass is 9.68. The molecule has 24 heavy (non-hydrogen) atoms. The van der Waals surface area contributed by atoms with Crippen molar-refractivity contribution in [3.05, 3.63) is 29.8 Å². The standard InChI is InChI=1S/C23H37N/c1-3-5-18-6-8-19(9-7-18)20-10-12-21(13-11-20)22-14-16-23(17-15-22)24-4-2/h14-21,24H,3-13H2,1-2H3. The number of benzene rings is 1. The lowest BCUT2D eigenvalue weighted by molar-refractivity contribution is 0.156. The molecule has 2 aliphatic rings. The Kier molecular flexibility index (Phi) is 6.63. The van der Waals surface area contributed by atoms with Crippen LogP contribution in [0.5, 0.6) is 0 Å². The second-order valence-electron chi connectivity index (χ2n) is 8.33. The average molecular weight is 328 g/mol. The van der Waals surface area contributed by atoms with Crippen molar-refractivity contribution in [3.8, 4) is 0 Å². The van der Waals surface area contributed by atoms with Gasteiger partial charge in [-0.25, -0.2) is 0 Å². The summed E-state index contributed by atoms with van der Waals surface area (Å²) in [6, 6.07) is 9.25. The summed E-state index contributed by atoms with van der Waals surface area (Å²) >= 11 is 0. The molecule has 0 atom stereocenters. The van der Waals surface area contributed by atoms with Crippen LogP contribution in [0.25, 0.3) is 0 Å². The van der Waals surface area contributed by atoms with E-state index in [4.69, 9.17) is 0 Å². The van der Waals surface area contributed by atoms with Crippen LogP contribution in [0.15, 0.2) is 24.3 Å². The molecule has 0 amide bonds. The minimum Gasteiger partial charge on any atom is -0.385 e. The predicted molar refractivity (Wildman–Crippen MR) is 106 cm³/mol. The van der Waals surface area contributed by atoms with Gasteiger partial charge in [0.05, 0.1) is 0 Å². The maximum atomic E-state index is 3.40. The zero-order valence-corrected chi connectivity index (χ0v) is 15.9. The highest BCUT2D eigenvalue weighted by Gasteiger charge is 2.30. The molecule has 0 aliphatic heterocycles. The number of rotatable bonds is 6. The van der Waals surface area contributed by atoms with Crippen LogP contribution < -0.4 is 5.32 Å². The highest BCUT2D eigenvalue weighted by Crippen LogP contribution is 2.44. The van der Waals surface area contributed by atoms with E-state index in [2.05, 4.69) is 43.4 Å². The molecule has 0 saturated heterocycles. The maximum Gasteiger partial charge on any atom is 0.0340 e. The van der Waals surface area contributed by atoms with Crippen LogP contribution in [-0.4, -0.2) is 6.54 Å². The molecule has 1 N–H and O–H groups in total. The van der Waals surface area contributed by atoms with E-state index < -0.39 is 0 Å². The first-order chi connectivity index (χ1) is 11.8. The fourth-order valence-corrected chi connectivity index (χ4v) is 5.36. The van der Waals surface area contributed by atoms with Crippen LogP contribution >= 0.6 is 0 Å². The molecule has 2 aliphatic carbocycles. The van der Waals surface area contributed by atoms with Crippen molar-refractivity contribution in [3.63, 3.8) is 0 Å². The maximum absolute atomic E-state index is 3.40. The number of anilines is 1. The smallest absolute Gasteiger partial charge is 0.0340 e. The van der Waals surface area contributed by atoms with E-state index in [-0.39, 0.29) is 0 Å². The molecule has 1 aromatic carbocycles. The molecule has 1 aromatic rings. The van der Waals surface area contributed by atoms with Gasteiger partial charge in [-0.15, -0.1) is 0 Å². The summed E-state index contributed by atoms with van der Waals surface area (Å²) in [6.45, 7) is 5.51. The van der Waals surface area contributed by atoms with Gasteiger partial charge in [0, 0.05) is 12.2 Å². The average Bonchev–Trinajstić information content (AvgIpc) is 2.64. The van der Waals surface area contributed by atoms with Crippen molar-refractivity contribution in [1.29, 1.82) is 0 Å². The first-order valence-corrected chi connectivity index (χ1v) is 10.6. The molecule has 0 radical (unpaired) electrons. The van der Waals surface area contributed by atoms with E-state index in [9.17, 15) is 0 Å². The van der Waals surface area contributed by atoms with Gasteiger partial charge in [0.15, 0.2) is 0 Å². The topological polar surface area (TPSA) is 12.0 Å². The highest BCUT2D eigenvalue weighted by molar-refractivity contribution is 5.45. The molecular weight excluding hydrogens is 290 g/mol. The summed E-state index contributed by atoms with van der Waals surface area (Å²) in [5.74, 6) is 3.95. The molecule has 0 heterocycles. The summed E-state index contributed by atoms with van der Waals surface area (Å²) in [4.78, 5) is 0. The minimum atomic E-state index is 0.813. The predicted octanol–water partition coefficient (Wildman–Crippen LogP) is 7.00. The Morgan fingerprint density at radius 2 is 1.38 bits per heavy atom. The molecule has 3 rings (SSSR count). The van der Waals surface area contributed by atoms with Gasteiger partial charge >= 0.3 is 0 Å². The third-order valence-corrected chi connectivity index (χ3v) is 6.79. The second kappa shape index (κ2) is 8.92. The van der Waals surface area contributed by atoms with Gasteiger partial charge in [-0.1, -0.05) is 44.7 Å². The van der Waals surface area contributed by atoms with Crippen LogP contribution in [0.3, 0.4) is 0 Å². The van der Waals surface area contributed by atoms with Crippen molar-refractivity contribution in [2.24, 2.45) is 17.8 Å². The van der Waals surface area contributed by atoms with Crippen LogP contribution in [0, 0.1) is 17.8 Å². The lowest BCUT2D eigenvalue weighted by Gasteiger charge is -2.38. The van der Waals surface area contributed by atoms with Gasteiger partial charge < -0.3 is 5.32 Å². The van der Waals surface area contributed by atoms with Gasteiger partial charge in [0.1, 0.15) is 0 Å². The molecule has 0 aromatic heterocycles. The molecule has 0 spiro atoms. The van der Waals surface area contributed by atoms with Gasteiger partial charge in [-0.3, -0.25) is 0 Å². The van der Waals surface area contributed by atoms with Crippen molar-refractivity contribution in [2.45, 2.75) is 84.0 Å². The SMILES string of the molecule is CCCC1CCC(C2CCC(c3ccc(NCC)cc3)CC2)CC1. The Morgan fingerprint density at radius 1 is 0.792 bits per heavy atom. The molecule has 0 bridgehead atoms. The summed E-state index contributed by atoms with van der Waals surface area (Å²) < 4.78 is 0. The van der Waals surface area contributed by atoms with E-state index in [1.54, 1.807) is 5.56 Å². The molecular formula is C23H37N. The number of hydrogen-bond acceptors (Lipinski definition) is 1. The van der Waals surface area contributed by atoms with Gasteiger partial charge in [-0.05, 0) is 86.8 Å². The third-order valence-electron chi connectivity index (χ3n) is 6.79. The summed E-state index contributed by atoms with van der Waals surface area (Å²) in [5, 5.41) is 3.40. The van der Waals surface area contributed by atoms with Gasteiger partial charge in [0.25, 0.3) is 0 Å². The minimum absolute atomic E-state index is 0.813. The summed E-state index contributed by atoms with van der Waals surface area (Å²) in [7, 11) is 0. The first-order valence-electron chi connectivity index (χ1n) is 10.6. The molecule has 2 saturated carbocycles. The zero-order chi connectivity index (χ0) is 16.8. The van der Waals surface area contributed by atoms with Gasteiger partial charge in [0.2, 0.25) is 0 Å². The lowest BCUT2D eigenvalue weighted by Crippen LogP contribution is -2.25. The molecule has 134 valence electrons. The Morgan fingerprint density at radius 3 is 1.92 bits per heavy atom. The highest BCUT2D eigenvalue weighted by atomic mass is 14.8. The van der Waals surface area contributed by atoms with Crippen LogP contribution in [0.2, 0.25) is 0 Å². The summed E-state index contributed by atoms with van der Waals surface area (Å²) in [6.07, 6.45) is 14.7. The Hall–Kier alpha value is -0.980. The Bertz CT molecular complexity index is 461. The molecule has 2 fully saturated rings. The second-order valence-corrected chi connectivity index (χ2v) is 8.33. The normalized spacial score (nSPS) is 30.9. The fourth-order valence-electron chi connectivity index (χ4n) is 5.36. The van der Waals surface area contributed by atoms with Gasteiger partial charge in [-0.2, -0.15) is 0 Å². The monoisotopic (exact) mass is 327 g/mol. The number of nitrogens with one attached hydrogen (secondary N) is 1. The Labute approximate surface area is 149 Å². The summed E-state index contributed by atoms with van der Waals surface area (Å²) in [5.41, 5.74) is 2.83. The van der Waals surface area contributed by atoms with Crippen molar-refractivity contribution < 1.29 is 0 Å². The van der Waals surface area contributed by atoms with E-state index in [0.29, 0.717) is 0 Å². The third kappa shape index (κ3) is 4.55. The first kappa shape index (κ1) is 17.8. The molecule has 0 unspecified atom stereocenters. The van der Waals surface area contributed by atoms with E-state index in [1.165, 1.54) is 69.9 Å². The van der Waals surface area contributed by atoms with Crippen LogP contribution in [0.4, 0.5) is 5.69 Å². The van der Waals surface area contributed by atoms with Crippen molar-refractivity contribution in [1.82, 2.24) is 0 Å². The van der Waals surface area contributed by atoms with Crippen molar-refractivity contribution in [2.75, 3.05) is 11.9 Å². The van der Waals surface area contributed by atoms with E-state index in [1.807, 2.05) is 0 Å². The van der Waals surface area contributed by atoms with Crippen LogP contribution in [0.1, 0.15) is 89.5 Å². The fraction of sp³-hybridized carbons (Fsp3) is 0.739. The number of hydrogen-bond donors (Lipinski definition) is 1. The van der Waals surface area contributed by atoms with Crippen molar-refractivity contribution >= 4 is 5.69 Å². The largest absolute Gasteiger partial charge is 0.385 e. The molecule has 1 nitrogen and oxygen atoms in total.